The Morgan fingerprint density at radius 3 is 2.56 bits per heavy atom. The number of furan rings is 1. The number of fused-ring (bicyclic) bond motifs is 3. The van der Waals surface area contributed by atoms with E-state index in [0.717, 1.165) is 16.2 Å². The topological polar surface area (TPSA) is 88.8 Å². The molecular formula is C20H20N2O5. The molecule has 2 aromatic carbocycles. The number of esters is 1. The highest BCUT2D eigenvalue weighted by atomic mass is 16.5. The lowest BCUT2D eigenvalue weighted by molar-refractivity contribution is -0.131. The summed E-state index contributed by atoms with van der Waals surface area (Å²) in [5.41, 5.74) is 1.27. The zero-order chi connectivity index (χ0) is 19.6. The van der Waals surface area contributed by atoms with Gasteiger partial charge in [-0.1, -0.05) is 36.4 Å². The number of hydrogen-bond donors (Lipinski definition) is 1. The minimum Gasteiger partial charge on any atom is -0.450 e. The Hall–Kier alpha value is -3.35. The van der Waals surface area contributed by atoms with Crippen LogP contribution in [0.2, 0.25) is 0 Å². The Balaban J connectivity index is 1.72. The first-order valence-corrected chi connectivity index (χ1v) is 8.43. The number of carbonyl (C=O) groups is 3. The predicted octanol–water partition coefficient (Wildman–Crippen LogP) is 2.26. The Labute approximate surface area is 155 Å². The lowest BCUT2D eigenvalue weighted by atomic mass is 10.1. The van der Waals surface area contributed by atoms with Crippen molar-refractivity contribution in [2.75, 3.05) is 27.2 Å². The molecule has 0 saturated heterocycles. The SMILES string of the molecule is Cc1c(C(=O)OCC(=O)NCC(=O)N(C)C)oc2c1ccc1ccccc12. The molecule has 0 bridgehead atoms. The third-order valence-electron chi connectivity index (χ3n) is 4.28. The Morgan fingerprint density at radius 1 is 1.07 bits per heavy atom. The smallest absolute Gasteiger partial charge is 0.375 e. The van der Waals surface area contributed by atoms with E-state index in [4.69, 9.17) is 9.15 Å². The van der Waals surface area contributed by atoms with E-state index in [1.54, 1.807) is 21.0 Å². The fourth-order valence-corrected chi connectivity index (χ4v) is 2.72. The monoisotopic (exact) mass is 368 g/mol. The minimum atomic E-state index is -0.720. The van der Waals surface area contributed by atoms with Crippen molar-refractivity contribution in [1.29, 1.82) is 0 Å². The number of hydrogen-bond acceptors (Lipinski definition) is 5. The summed E-state index contributed by atoms with van der Waals surface area (Å²) in [4.78, 5) is 36.9. The van der Waals surface area contributed by atoms with Crippen molar-refractivity contribution in [2.24, 2.45) is 0 Å². The summed E-state index contributed by atoms with van der Waals surface area (Å²) in [5, 5.41) is 5.12. The highest BCUT2D eigenvalue weighted by Gasteiger charge is 2.21. The molecule has 140 valence electrons. The number of likely N-dealkylation sites (N-methyl/N-ethyl adjacent to an activating group) is 1. The van der Waals surface area contributed by atoms with E-state index in [2.05, 4.69) is 5.32 Å². The van der Waals surface area contributed by atoms with Gasteiger partial charge in [-0.3, -0.25) is 9.59 Å². The Morgan fingerprint density at radius 2 is 1.81 bits per heavy atom. The van der Waals surface area contributed by atoms with Gasteiger partial charge in [-0.25, -0.2) is 4.79 Å². The van der Waals surface area contributed by atoms with Gasteiger partial charge >= 0.3 is 5.97 Å². The van der Waals surface area contributed by atoms with E-state index < -0.39 is 18.5 Å². The molecule has 3 rings (SSSR count). The molecule has 0 radical (unpaired) electrons. The number of carbonyl (C=O) groups excluding carboxylic acids is 3. The molecule has 0 fully saturated rings. The van der Waals surface area contributed by atoms with E-state index in [9.17, 15) is 14.4 Å². The number of ether oxygens (including phenoxy) is 1. The van der Waals surface area contributed by atoms with Crippen molar-refractivity contribution in [3.63, 3.8) is 0 Å². The van der Waals surface area contributed by atoms with E-state index in [1.807, 2.05) is 36.4 Å². The van der Waals surface area contributed by atoms with Gasteiger partial charge in [0.2, 0.25) is 11.7 Å². The number of nitrogens with zero attached hydrogens (tertiary/aromatic N) is 1. The van der Waals surface area contributed by atoms with Crippen LogP contribution in [0.4, 0.5) is 0 Å². The van der Waals surface area contributed by atoms with E-state index in [-0.39, 0.29) is 18.2 Å². The van der Waals surface area contributed by atoms with Gasteiger partial charge in [-0.2, -0.15) is 0 Å². The largest absolute Gasteiger partial charge is 0.450 e. The zero-order valence-corrected chi connectivity index (χ0v) is 15.4. The molecule has 0 aliphatic rings. The summed E-state index contributed by atoms with van der Waals surface area (Å²) in [6.45, 7) is 1.13. The molecule has 0 saturated carbocycles. The van der Waals surface area contributed by atoms with Gasteiger partial charge in [0.05, 0.1) is 6.54 Å². The van der Waals surface area contributed by atoms with Crippen LogP contribution in [0.15, 0.2) is 40.8 Å². The molecule has 1 N–H and O–H groups in total. The highest BCUT2D eigenvalue weighted by Crippen LogP contribution is 2.31. The average molecular weight is 368 g/mol. The third kappa shape index (κ3) is 3.76. The molecule has 0 aliphatic heterocycles. The third-order valence-corrected chi connectivity index (χ3v) is 4.28. The second kappa shape index (κ2) is 7.49. The van der Waals surface area contributed by atoms with Crippen LogP contribution in [-0.2, 0) is 14.3 Å². The maximum atomic E-state index is 12.4. The normalized spacial score (nSPS) is 10.8. The van der Waals surface area contributed by atoms with Gasteiger partial charge in [0.15, 0.2) is 6.61 Å². The molecule has 0 unspecified atom stereocenters. The minimum absolute atomic E-state index is 0.0681. The van der Waals surface area contributed by atoms with Crippen molar-refractivity contribution in [2.45, 2.75) is 6.92 Å². The van der Waals surface area contributed by atoms with E-state index in [1.165, 1.54) is 4.90 Å². The van der Waals surface area contributed by atoms with E-state index in [0.29, 0.717) is 11.1 Å². The second-order valence-corrected chi connectivity index (χ2v) is 6.36. The van der Waals surface area contributed by atoms with Crippen molar-refractivity contribution < 1.29 is 23.5 Å². The van der Waals surface area contributed by atoms with Crippen molar-refractivity contribution in [3.8, 4) is 0 Å². The van der Waals surface area contributed by atoms with Crippen molar-refractivity contribution >= 4 is 39.5 Å². The van der Waals surface area contributed by atoms with E-state index >= 15 is 0 Å². The van der Waals surface area contributed by atoms with Crippen LogP contribution in [-0.4, -0.2) is 49.9 Å². The molecule has 0 aliphatic carbocycles. The number of aryl methyl sites for hydroxylation is 1. The van der Waals surface area contributed by atoms with Gasteiger partial charge in [-0.15, -0.1) is 0 Å². The van der Waals surface area contributed by atoms with Gasteiger partial charge in [0.1, 0.15) is 5.58 Å². The molecule has 27 heavy (non-hydrogen) atoms. The van der Waals surface area contributed by atoms with Crippen LogP contribution in [0.3, 0.4) is 0 Å². The van der Waals surface area contributed by atoms with Crippen LogP contribution in [0.1, 0.15) is 16.1 Å². The molecule has 2 amide bonds. The van der Waals surface area contributed by atoms with Gasteiger partial charge in [0, 0.05) is 30.4 Å². The first-order valence-electron chi connectivity index (χ1n) is 8.43. The number of nitrogens with one attached hydrogen (secondary N) is 1. The molecular weight excluding hydrogens is 348 g/mol. The van der Waals surface area contributed by atoms with Crippen LogP contribution in [0, 0.1) is 6.92 Å². The summed E-state index contributed by atoms with van der Waals surface area (Å²) < 4.78 is 10.8. The Bertz CT molecular complexity index is 1040. The number of rotatable bonds is 5. The van der Waals surface area contributed by atoms with Crippen LogP contribution < -0.4 is 5.32 Å². The predicted molar refractivity (Wildman–Crippen MR) is 100 cm³/mol. The first kappa shape index (κ1) is 18.4. The quantitative estimate of drug-likeness (QED) is 0.698. The summed E-state index contributed by atoms with van der Waals surface area (Å²) in [7, 11) is 3.17. The molecule has 1 heterocycles. The molecule has 3 aromatic rings. The zero-order valence-electron chi connectivity index (χ0n) is 15.4. The Kier molecular flexibility index (Phi) is 5.12. The fourth-order valence-electron chi connectivity index (χ4n) is 2.72. The molecule has 7 nitrogen and oxygen atoms in total. The highest BCUT2D eigenvalue weighted by molar-refractivity contribution is 6.08. The first-order chi connectivity index (χ1) is 12.9. The molecule has 7 heteroatoms. The maximum absolute atomic E-state index is 12.4. The van der Waals surface area contributed by atoms with Crippen molar-refractivity contribution in [1.82, 2.24) is 10.2 Å². The van der Waals surface area contributed by atoms with Gasteiger partial charge < -0.3 is 19.4 Å². The molecule has 0 atom stereocenters. The number of benzene rings is 2. The van der Waals surface area contributed by atoms with Gasteiger partial charge in [-0.05, 0) is 12.3 Å². The second-order valence-electron chi connectivity index (χ2n) is 6.36. The number of amides is 2. The molecule has 1 aromatic heterocycles. The maximum Gasteiger partial charge on any atom is 0.375 e. The fraction of sp³-hybridized carbons (Fsp3) is 0.250. The standard InChI is InChI=1S/C20H20N2O5/c1-12-14-9-8-13-6-4-5-7-15(13)19(14)27-18(12)20(25)26-11-16(23)21-10-17(24)22(2)3/h4-9H,10-11H2,1-3H3,(H,21,23). The average Bonchev–Trinajstić information content (AvgIpc) is 3.01. The molecule has 0 spiro atoms. The van der Waals surface area contributed by atoms with Crippen LogP contribution in [0.5, 0.6) is 0 Å². The lowest BCUT2D eigenvalue weighted by Crippen LogP contribution is -2.38. The van der Waals surface area contributed by atoms with Crippen LogP contribution >= 0.6 is 0 Å². The lowest BCUT2D eigenvalue weighted by Gasteiger charge is -2.10. The summed E-state index contributed by atoms with van der Waals surface area (Å²) >= 11 is 0. The summed E-state index contributed by atoms with van der Waals surface area (Å²) in [5.74, 6) is -1.46. The van der Waals surface area contributed by atoms with Crippen LogP contribution in [0.25, 0.3) is 21.7 Å². The summed E-state index contributed by atoms with van der Waals surface area (Å²) in [6, 6.07) is 11.6. The summed E-state index contributed by atoms with van der Waals surface area (Å²) in [6.07, 6.45) is 0. The van der Waals surface area contributed by atoms with Gasteiger partial charge in [0.25, 0.3) is 5.91 Å². The van der Waals surface area contributed by atoms with Crippen molar-refractivity contribution in [3.05, 3.63) is 47.7 Å².